The van der Waals surface area contributed by atoms with Gasteiger partial charge in [-0.25, -0.2) is 0 Å². The zero-order chi connectivity index (χ0) is 32.4. The smallest absolute Gasteiger partial charge is 0.0701 e. The van der Waals surface area contributed by atoms with Crippen molar-refractivity contribution in [2.75, 3.05) is 0 Å². The van der Waals surface area contributed by atoms with Crippen LogP contribution < -0.4 is 0 Å². The average molecular weight is 619 g/mol. The monoisotopic (exact) mass is 618 g/mol. The molecule has 0 atom stereocenters. The Hall–Kier alpha value is -6.66. The first-order chi connectivity index (χ1) is 23.7. The maximum atomic E-state index is 4.80. The fourth-order valence-corrected chi connectivity index (χ4v) is 5.07. The first-order valence-corrected chi connectivity index (χ1v) is 15.6. The van der Waals surface area contributed by atoms with Crippen molar-refractivity contribution in [2.24, 2.45) is 15.0 Å². The zero-order valence-corrected chi connectivity index (χ0v) is 26.0. The van der Waals surface area contributed by atoms with E-state index in [-0.39, 0.29) is 0 Å². The molecule has 48 heavy (non-hydrogen) atoms. The van der Waals surface area contributed by atoms with Gasteiger partial charge in [-0.1, -0.05) is 91.0 Å². The van der Waals surface area contributed by atoms with E-state index >= 15 is 0 Å². The number of benzene rings is 4. The fourth-order valence-electron chi connectivity index (χ4n) is 5.07. The molecule has 6 heteroatoms. The molecule has 6 nitrogen and oxygen atoms in total. The number of hydrogen-bond donors (Lipinski definition) is 0. The van der Waals surface area contributed by atoms with Crippen molar-refractivity contribution in [3.8, 4) is 33.8 Å². The topological polar surface area (TPSA) is 75.8 Å². The second-order valence-corrected chi connectivity index (χ2v) is 11.0. The number of aromatic nitrogens is 3. The van der Waals surface area contributed by atoms with Gasteiger partial charge in [0.25, 0.3) is 0 Å². The largest absolute Gasteiger partial charge is 0.256 e. The van der Waals surface area contributed by atoms with Crippen molar-refractivity contribution in [1.82, 2.24) is 15.0 Å². The van der Waals surface area contributed by atoms with Crippen LogP contribution in [-0.4, -0.2) is 33.6 Å². The van der Waals surface area contributed by atoms with Gasteiger partial charge in [0.05, 0.1) is 34.1 Å². The summed E-state index contributed by atoms with van der Waals surface area (Å²) >= 11 is 0. The van der Waals surface area contributed by atoms with Gasteiger partial charge in [-0.05, 0) is 71.3 Å². The summed E-state index contributed by atoms with van der Waals surface area (Å²) in [6.45, 7) is 0. The molecule has 0 fully saturated rings. The number of aliphatic imine (C=N–C) groups is 3. The van der Waals surface area contributed by atoms with Crippen molar-refractivity contribution in [1.29, 1.82) is 0 Å². The van der Waals surface area contributed by atoms with Gasteiger partial charge in [-0.2, -0.15) is 0 Å². The molecule has 0 spiro atoms. The van der Waals surface area contributed by atoms with Crippen LogP contribution >= 0.6 is 0 Å². The van der Waals surface area contributed by atoms with Crippen LogP contribution in [0, 0.1) is 0 Å². The van der Waals surface area contributed by atoms with Crippen molar-refractivity contribution in [3.05, 3.63) is 181 Å². The van der Waals surface area contributed by atoms with Crippen LogP contribution in [0.25, 0.3) is 33.8 Å². The molecule has 0 saturated heterocycles. The Morgan fingerprint density at radius 3 is 0.875 bits per heavy atom. The lowest BCUT2D eigenvalue weighted by Crippen LogP contribution is -1.85. The van der Waals surface area contributed by atoms with Gasteiger partial charge in [0, 0.05) is 53.9 Å². The van der Waals surface area contributed by atoms with Crippen LogP contribution in [0.15, 0.2) is 179 Å². The van der Waals surface area contributed by atoms with Gasteiger partial charge in [0.15, 0.2) is 0 Å². The molecule has 3 aromatic heterocycles. The Labute approximate surface area is 279 Å². The molecule has 0 unspecified atom stereocenters. The lowest BCUT2D eigenvalue weighted by atomic mass is 10.1. The normalized spacial score (nSPS) is 11.5. The summed E-state index contributed by atoms with van der Waals surface area (Å²) in [6, 6.07) is 48.1. The van der Waals surface area contributed by atoms with E-state index in [0.717, 1.165) is 67.5 Å². The summed E-state index contributed by atoms with van der Waals surface area (Å²) in [6.07, 6.45) is 11.0. The first kappa shape index (κ1) is 30.0. The Bertz CT molecular complexity index is 1910. The molecular formula is C42H30N6. The Morgan fingerprint density at radius 1 is 0.333 bits per heavy atom. The SMILES string of the molecule is C(=N/c1cc(/N=C\c2ccc(-c3ccccn3)cc2)cc(/N=C\c2ccc(-c3ccccn3)cc2)c1)/c1ccc(-c2ccccn2)cc1. The van der Waals surface area contributed by atoms with E-state index in [4.69, 9.17) is 15.0 Å². The number of rotatable bonds is 9. The molecule has 0 aliphatic heterocycles. The highest BCUT2D eigenvalue weighted by Crippen LogP contribution is 2.29. The number of nitrogens with zero attached hydrogens (tertiary/aromatic N) is 6. The van der Waals surface area contributed by atoms with E-state index in [0.29, 0.717) is 0 Å². The fraction of sp³-hybridized carbons (Fsp3) is 0. The van der Waals surface area contributed by atoms with Crippen LogP contribution in [-0.2, 0) is 0 Å². The molecule has 0 N–H and O–H groups in total. The van der Waals surface area contributed by atoms with Gasteiger partial charge in [-0.3, -0.25) is 29.9 Å². The molecule has 0 amide bonds. The maximum absolute atomic E-state index is 4.80. The van der Waals surface area contributed by atoms with Crippen LogP contribution in [0.3, 0.4) is 0 Å². The van der Waals surface area contributed by atoms with Gasteiger partial charge in [-0.15, -0.1) is 0 Å². The minimum Gasteiger partial charge on any atom is -0.256 e. The molecule has 0 radical (unpaired) electrons. The third kappa shape index (κ3) is 7.76. The highest BCUT2D eigenvalue weighted by molar-refractivity contribution is 5.87. The second kappa shape index (κ2) is 14.6. The van der Waals surface area contributed by atoms with E-state index in [1.54, 1.807) is 18.6 Å². The second-order valence-electron chi connectivity index (χ2n) is 11.0. The van der Waals surface area contributed by atoms with Crippen molar-refractivity contribution >= 4 is 35.7 Å². The lowest BCUT2D eigenvalue weighted by Gasteiger charge is -2.04. The molecule has 7 rings (SSSR count). The Morgan fingerprint density at radius 2 is 0.625 bits per heavy atom. The number of pyridine rings is 3. The van der Waals surface area contributed by atoms with Crippen LogP contribution in [0.2, 0.25) is 0 Å². The minimum absolute atomic E-state index is 0.751. The number of hydrogen-bond acceptors (Lipinski definition) is 6. The zero-order valence-electron chi connectivity index (χ0n) is 26.0. The van der Waals surface area contributed by atoms with E-state index in [1.165, 1.54) is 0 Å². The highest BCUT2D eigenvalue weighted by atomic mass is 14.8. The van der Waals surface area contributed by atoms with E-state index < -0.39 is 0 Å². The van der Waals surface area contributed by atoms with Gasteiger partial charge >= 0.3 is 0 Å². The minimum atomic E-state index is 0.751. The molecule has 228 valence electrons. The predicted molar refractivity (Wildman–Crippen MR) is 197 cm³/mol. The van der Waals surface area contributed by atoms with Crippen molar-refractivity contribution in [2.45, 2.75) is 0 Å². The Balaban J connectivity index is 1.14. The summed E-state index contributed by atoms with van der Waals surface area (Å²) in [7, 11) is 0. The molecule has 0 aliphatic carbocycles. The van der Waals surface area contributed by atoms with Gasteiger partial charge < -0.3 is 0 Å². The maximum Gasteiger partial charge on any atom is 0.0701 e. The first-order valence-electron chi connectivity index (χ1n) is 15.6. The summed E-state index contributed by atoms with van der Waals surface area (Å²) in [5.41, 5.74) is 11.2. The highest BCUT2D eigenvalue weighted by Gasteiger charge is 2.03. The van der Waals surface area contributed by atoms with Crippen molar-refractivity contribution in [3.63, 3.8) is 0 Å². The molecule has 3 heterocycles. The van der Waals surface area contributed by atoms with E-state index in [1.807, 2.05) is 128 Å². The van der Waals surface area contributed by atoms with E-state index in [2.05, 4.69) is 51.4 Å². The quantitative estimate of drug-likeness (QED) is 0.151. The molecule has 0 aliphatic rings. The van der Waals surface area contributed by atoms with Crippen LogP contribution in [0.1, 0.15) is 16.7 Å². The lowest BCUT2D eigenvalue weighted by molar-refractivity contribution is 1.33. The van der Waals surface area contributed by atoms with E-state index in [9.17, 15) is 0 Å². The summed E-state index contributed by atoms with van der Waals surface area (Å²) < 4.78 is 0. The van der Waals surface area contributed by atoms with Gasteiger partial charge in [0.1, 0.15) is 0 Å². The summed E-state index contributed by atoms with van der Waals surface area (Å²) in [4.78, 5) is 27.7. The standard InChI is InChI=1S/C42H30N6/c1-4-22-43-40(7-1)34-16-10-31(11-17-34)28-46-37-25-38(47-29-32-12-18-35(19-13-32)41-8-2-5-23-44-41)27-39(26-37)48-30-33-14-20-36(21-15-33)42-9-3-6-24-45-42/h1-30H/b46-28-,47-29-,48-30-. The van der Waals surface area contributed by atoms with Crippen LogP contribution in [0.5, 0.6) is 0 Å². The van der Waals surface area contributed by atoms with Gasteiger partial charge in [0.2, 0.25) is 0 Å². The van der Waals surface area contributed by atoms with Crippen molar-refractivity contribution < 1.29 is 0 Å². The molecule has 0 bridgehead atoms. The predicted octanol–water partition coefficient (Wildman–Crippen LogP) is 10.1. The molecule has 0 saturated carbocycles. The third-order valence-electron chi connectivity index (χ3n) is 7.59. The molecule has 7 aromatic rings. The third-order valence-corrected chi connectivity index (χ3v) is 7.59. The average Bonchev–Trinajstić information content (AvgIpc) is 3.17. The van der Waals surface area contributed by atoms with Crippen LogP contribution in [0.4, 0.5) is 17.1 Å². The summed E-state index contributed by atoms with van der Waals surface area (Å²) in [5.74, 6) is 0. The summed E-state index contributed by atoms with van der Waals surface area (Å²) in [5, 5.41) is 0. The molecule has 4 aromatic carbocycles. The molecular weight excluding hydrogens is 589 g/mol. The Kier molecular flexibility index (Phi) is 9.15.